The van der Waals surface area contributed by atoms with Crippen LogP contribution in [0, 0.1) is 0 Å². The van der Waals surface area contributed by atoms with Crippen molar-refractivity contribution >= 4 is 17.7 Å². The minimum atomic E-state index is -0.290. The van der Waals surface area contributed by atoms with Gasteiger partial charge in [-0.15, -0.1) is 0 Å². The molecule has 128 valence electrons. The third-order valence-corrected chi connectivity index (χ3v) is 4.42. The molecule has 0 atom stereocenters. The van der Waals surface area contributed by atoms with Gasteiger partial charge in [0.1, 0.15) is 0 Å². The van der Waals surface area contributed by atoms with Crippen molar-refractivity contribution in [3.05, 3.63) is 59.2 Å². The van der Waals surface area contributed by atoms with Crippen molar-refractivity contribution in [3.63, 3.8) is 0 Å². The highest BCUT2D eigenvalue weighted by atomic mass is 16.5. The van der Waals surface area contributed by atoms with Gasteiger partial charge in [-0.25, -0.2) is 0 Å². The standard InChI is InChI=1S/C20H19NO4/c1-21(11-5-8-18(22)25-2)20(24)13-9-10-15-14-6-3-4-7-16(14)19(23)17(15)12-13/h3-4,6-7,9-10,12H,5,8,11H2,1-2H3. The summed E-state index contributed by atoms with van der Waals surface area (Å²) in [6, 6.07) is 12.7. The highest BCUT2D eigenvalue weighted by Crippen LogP contribution is 2.36. The van der Waals surface area contributed by atoms with Crippen LogP contribution < -0.4 is 0 Å². The monoisotopic (exact) mass is 337 g/mol. The lowest BCUT2D eigenvalue weighted by molar-refractivity contribution is -0.140. The van der Waals surface area contributed by atoms with Crippen LogP contribution in [0.25, 0.3) is 11.1 Å². The second-order valence-corrected chi connectivity index (χ2v) is 6.04. The molecule has 0 unspecified atom stereocenters. The number of benzene rings is 2. The average molecular weight is 337 g/mol. The van der Waals surface area contributed by atoms with Crippen LogP contribution >= 0.6 is 0 Å². The Bertz CT molecular complexity index is 857. The van der Waals surface area contributed by atoms with E-state index >= 15 is 0 Å². The minimum absolute atomic E-state index is 0.0476. The number of amides is 1. The summed E-state index contributed by atoms with van der Waals surface area (Å²) in [5, 5.41) is 0. The molecule has 0 N–H and O–H groups in total. The maximum absolute atomic E-state index is 12.6. The molecule has 1 aliphatic carbocycles. The molecule has 0 aromatic heterocycles. The Balaban J connectivity index is 1.76. The first kappa shape index (κ1) is 16.9. The minimum Gasteiger partial charge on any atom is -0.469 e. The molecule has 0 saturated heterocycles. The topological polar surface area (TPSA) is 63.7 Å². The van der Waals surface area contributed by atoms with Gasteiger partial charge in [-0.2, -0.15) is 0 Å². The highest BCUT2D eigenvalue weighted by molar-refractivity contribution is 6.22. The largest absolute Gasteiger partial charge is 0.469 e. The van der Waals surface area contributed by atoms with Crippen molar-refractivity contribution in [2.24, 2.45) is 0 Å². The van der Waals surface area contributed by atoms with E-state index in [1.807, 2.05) is 24.3 Å². The molecule has 25 heavy (non-hydrogen) atoms. The number of nitrogens with zero attached hydrogens (tertiary/aromatic N) is 1. The van der Waals surface area contributed by atoms with Gasteiger partial charge in [0, 0.05) is 36.7 Å². The average Bonchev–Trinajstić information content (AvgIpc) is 2.93. The number of rotatable bonds is 5. The molecule has 0 spiro atoms. The van der Waals surface area contributed by atoms with Crippen molar-refractivity contribution in [2.45, 2.75) is 12.8 Å². The smallest absolute Gasteiger partial charge is 0.305 e. The highest BCUT2D eigenvalue weighted by Gasteiger charge is 2.27. The molecule has 0 saturated carbocycles. The molecule has 0 bridgehead atoms. The zero-order valence-electron chi connectivity index (χ0n) is 14.2. The summed E-state index contributed by atoms with van der Waals surface area (Å²) < 4.78 is 4.59. The molecule has 0 heterocycles. The Hall–Kier alpha value is -2.95. The van der Waals surface area contributed by atoms with Crippen LogP contribution in [0.4, 0.5) is 0 Å². The van der Waals surface area contributed by atoms with Gasteiger partial charge >= 0.3 is 5.97 Å². The summed E-state index contributed by atoms with van der Waals surface area (Å²) in [6.07, 6.45) is 0.802. The third-order valence-electron chi connectivity index (χ3n) is 4.42. The zero-order valence-corrected chi connectivity index (χ0v) is 14.2. The first-order valence-electron chi connectivity index (χ1n) is 8.13. The fourth-order valence-electron chi connectivity index (χ4n) is 3.05. The number of hydrogen-bond acceptors (Lipinski definition) is 4. The normalized spacial score (nSPS) is 11.7. The first-order valence-corrected chi connectivity index (χ1v) is 8.13. The van der Waals surface area contributed by atoms with Crippen molar-refractivity contribution < 1.29 is 19.1 Å². The molecule has 0 fully saturated rings. The van der Waals surface area contributed by atoms with E-state index in [1.165, 1.54) is 7.11 Å². The molecule has 2 aromatic carbocycles. The van der Waals surface area contributed by atoms with E-state index in [1.54, 1.807) is 30.1 Å². The Labute approximate surface area is 146 Å². The summed E-state index contributed by atoms with van der Waals surface area (Å²) >= 11 is 0. The van der Waals surface area contributed by atoms with Gasteiger partial charge in [0.25, 0.3) is 5.91 Å². The fraction of sp³-hybridized carbons (Fsp3) is 0.250. The van der Waals surface area contributed by atoms with Crippen molar-refractivity contribution in [3.8, 4) is 11.1 Å². The maximum atomic E-state index is 12.6. The number of esters is 1. The molecule has 0 radical (unpaired) electrons. The van der Waals surface area contributed by atoms with Crippen molar-refractivity contribution in [2.75, 3.05) is 20.7 Å². The molecular formula is C20H19NO4. The molecule has 3 rings (SSSR count). The van der Waals surface area contributed by atoms with E-state index in [4.69, 9.17) is 0 Å². The van der Waals surface area contributed by atoms with Crippen LogP contribution in [0.2, 0.25) is 0 Å². The van der Waals surface area contributed by atoms with Crippen molar-refractivity contribution in [1.29, 1.82) is 0 Å². The van der Waals surface area contributed by atoms with Crippen LogP contribution in [-0.2, 0) is 9.53 Å². The Kier molecular flexibility index (Phi) is 4.65. The number of ketones is 1. The van der Waals surface area contributed by atoms with E-state index in [9.17, 15) is 14.4 Å². The van der Waals surface area contributed by atoms with Crippen LogP contribution in [-0.4, -0.2) is 43.3 Å². The third kappa shape index (κ3) is 3.18. The predicted molar refractivity (Wildman–Crippen MR) is 93.5 cm³/mol. The van der Waals surface area contributed by atoms with E-state index in [-0.39, 0.29) is 24.1 Å². The quantitative estimate of drug-likeness (QED) is 0.672. The lowest BCUT2D eigenvalue weighted by Crippen LogP contribution is -2.28. The van der Waals surface area contributed by atoms with Gasteiger partial charge < -0.3 is 9.64 Å². The van der Waals surface area contributed by atoms with Gasteiger partial charge in [0.15, 0.2) is 5.78 Å². The number of ether oxygens (including phenoxy) is 1. The van der Waals surface area contributed by atoms with E-state index in [2.05, 4.69) is 4.74 Å². The predicted octanol–water partition coefficient (Wildman–Crippen LogP) is 2.92. The fourth-order valence-corrected chi connectivity index (χ4v) is 3.05. The molecular weight excluding hydrogens is 318 g/mol. The summed E-state index contributed by atoms with van der Waals surface area (Å²) in [4.78, 5) is 37.8. The number of carbonyl (C=O) groups is 3. The van der Waals surface area contributed by atoms with Crippen molar-refractivity contribution in [1.82, 2.24) is 4.90 Å². The SMILES string of the molecule is COC(=O)CCCN(C)C(=O)c1ccc2c(c1)C(=O)c1ccccc1-2. The Morgan fingerprint density at radius 3 is 2.40 bits per heavy atom. The van der Waals surface area contributed by atoms with Gasteiger partial charge in [-0.1, -0.05) is 30.3 Å². The van der Waals surface area contributed by atoms with Gasteiger partial charge in [-0.05, 0) is 29.7 Å². The van der Waals surface area contributed by atoms with E-state index < -0.39 is 0 Å². The lowest BCUT2D eigenvalue weighted by Gasteiger charge is -2.17. The summed E-state index contributed by atoms with van der Waals surface area (Å²) in [5.41, 5.74) is 3.49. The number of fused-ring (bicyclic) bond motifs is 3. The van der Waals surface area contributed by atoms with Crippen LogP contribution in [0.1, 0.15) is 39.1 Å². The molecule has 2 aromatic rings. The first-order chi connectivity index (χ1) is 12.0. The van der Waals surface area contributed by atoms with Crippen LogP contribution in [0.15, 0.2) is 42.5 Å². The summed E-state index contributed by atoms with van der Waals surface area (Å²) in [7, 11) is 3.03. The molecule has 5 nitrogen and oxygen atoms in total. The lowest BCUT2D eigenvalue weighted by atomic mass is 10.0. The second-order valence-electron chi connectivity index (χ2n) is 6.04. The Morgan fingerprint density at radius 2 is 1.68 bits per heavy atom. The number of methoxy groups -OCH3 is 1. The van der Waals surface area contributed by atoms with Crippen LogP contribution in [0.5, 0.6) is 0 Å². The molecule has 0 aliphatic heterocycles. The zero-order chi connectivity index (χ0) is 18.0. The van der Waals surface area contributed by atoms with E-state index in [0.29, 0.717) is 29.7 Å². The van der Waals surface area contributed by atoms with Crippen LogP contribution in [0.3, 0.4) is 0 Å². The molecule has 1 aliphatic rings. The van der Waals surface area contributed by atoms with Gasteiger partial charge in [-0.3, -0.25) is 14.4 Å². The van der Waals surface area contributed by atoms with Gasteiger partial charge in [0.05, 0.1) is 7.11 Å². The summed E-state index contributed by atoms with van der Waals surface area (Å²) in [6.45, 7) is 0.444. The van der Waals surface area contributed by atoms with E-state index in [0.717, 1.165) is 11.1 Å². The maximum Gasteiger partial charge on any atom is 0.305 e. The number of carbonyl (C=O) groups excluding carboxylic acids is 3. The number of hydrogen-bond donors (Lipinski definition) is 0. The summed E-state index contributed by atoms with van der Waals surface area (Å²) in [5.74, 6) is -0.508. The van der Waals surface area contributed by atoms with Gasteiger partial charge in [0.2, 0.25) is 0 Å². The molecule has 5 heteroatoms. The second kappa shape index (κ2) is 6.89. The molecule has 1 amide bonds. The Morgan fingerprint density at radius 1 is 1.00 bits per heavy atom.